The number of aliphatic hydroxyl groups excluding tert-OH is 1. The Balaban J connectivity index is 1.29. The molecule has 2 aromatic heterocycles. The highest BCUT2D eigenvalue weighted by atomic mass is 16.5. The molecule has 11 heteroatoms. The molecule has 1 aliphatic heterocycles. The molecule has 11 nitrogen and oxygen atoms in total. The summed E-state index contributed by atoms with van der Waals surface area (Å²) in [6, 6.07) is 8.66. The second-order valence-electron chi connectivity index (χ2n) is 9.49. The Morgan fingerprint density at radius 1 is 1.14 bits per heavy atom. The molecule has 37 heavy (non-hydrogen) atoms. The van der Waals surface area contributed by atoms with Gasteiger partial charge in [0.1, 0.15) is 5.82 Å². The third-order valence-electron chi connectivity index (χ3n) is 7.01. The van der Waals surface area contributed by atoms with Gasteiger partial charge in [-0.25, -0.2) is 4.98 Å². The molecule has 1 saturated carbocycles. The second-order valence-corrected chi connectivity index (χ2v) is 9.49. The summed E-state index contributed by atoms with van der Waals surface area (Å²) in [5, 5.41) is 30.4. The minimum atomic E-state index is 0.00670. The van der Waals surface area contributed by atoms with Crippen LogP contribution in [0.1, 0.15) is 31.2 Å². The van der Waals surface area contributed by atoms with Gasteiger partial charge in [0, 0.05) is 36.8 Å². The quantitative estimate of drug-likeness (QED) is 0.352. The molecule has 5 rings (SSSR count). The van der Waals surface area contributed by atoms with Gasteiger partial charge in [-0.3, -0.25) is 9.58 Å². The largest absolute Gasteiger partial charge is 0.394 e. The molecule has 3 heterocycles. The molecule has 0 bridgehead atoms. The van der Waals surface area contributed by atoms with Crippen LogP contribution in [-0.2, 0) is 16.0 Å². The van der Waals surface area contributed by atoms with Gasteiger partial charge in [0.25, 0.3) is 0 Å². The van der Waals surface area contributed by atoms with Crippen molar-refractivity contribution in [3.63, 3.8) is 0 Å². The van der Waals surface area contributed by atoms with Crippen molar-refractivity contribution in [3.05, 3.63) is 36.2 Å². The lowest BCUT2D eigenvalue weighted by Gasteiger charge is -2.39. The van der Waals surface area contributed by atoms with Crippen LogP contribution in [0.4, 0.5) is 17.5 Å². The number of aromatic nitrogens is 4. The summed E-state index contributed by atoms with van der Waals surface area (Å²) >= 11 is 0. The van der Waals surface area contributed by atoms with Gasteiger partial charge in [-0.05, 0) is 43.9 Å². The molecule has 3 N–H and O–H groups in total. The predicted octanol–water partition coefficient (Wildman–Crippen LogP) is 2.51. The Morgan fingerprint density at radius 2 is 1.97 bits per heavy atom. The summed E-state index contributed by atoms with van der Waals surface area (Å²) in [4.78, 5) is 12.1. The molecule has 1 aliphatic carbocycles. The maximum absolute atomic E-state index is 9.44. The lowest BCUT2D eigenvalue weighted by Crippen LogP contribution is -2.46. The zero-order valence-corrected chi connectivity index (χ0v) is 21.0. The number of hydrogen-bond donors (Lipinski definition) is 3. The summed E-state index contributed by atoms with van der Waals surface area (Å²) < 4.78 is 12.6. The summed E-state index contributed by atoms with van der Waals surface area (Å²) in [6.45, 7) is 5.09. The van der Waals surface area contributed by atoms with E-state index in [1.54, 1.807) is 16.9 Å². The lowest BCUT2D eigenvalue weighted by molar-refractivity contribution is 0.00791. The number of morpholine rings is 1. The number of nitriles is 1. The lowest BCUT2D eigenvalue weighted by atomic mass is 9.90. The number of nitrogens with zero attached hydrogens (tertiary/aromatic N) is 6. The molecule has 0 atom stereocenters. The molecule has 0 spiro atoms. The fraction of sp³-hybridized carbons (Fsp3) is 0.538. The number of hydrogen-bond acceptors (Lipinski definition) is 10. The van der Waals surface area contributed by atoms with Crippen molar-refractivity contribution < 1.29 is 14.6 Å². The first kappa shape index (κ1) is 25.4. The highest BCUT2D eigenvalue weighted by Gasteiger charge is 2.27. The standard InChI is InChI=1S/C26H34N8O3/c27-16-19-1-6-24-23(15-19)25(29-20-2-4-22(5-3-20)33-7-11-36-12-8-33)32-26(31-24)30-21-17-28-34(18-21)9-13-37-14-10-35/h1,6,15,17-18,20,22,35H,2-5,7-14H2,(H2,29,30,31,32)/t20-,22-. The Morgan fingerprint density at radius 3 is 2.76 bits per heavy atom. The third-order valence-corrected chi connectivity index (χ3v) is 7.01. The highest BCUT2D eigenvalue weighted by molar-refractivity contribution is 5.91. The van der Waals surface area contributed by atoms with Crippen LogP contribution in [0.3, 0.4) is 0 Å². The van der Waals surface area contributed by atoms with Crippen LogP contribution in [0.25, 0.3) is 10.9 Å². The van der Waals surface area contributed by atoms with E-state index in [1.165, 1.54) is 0 Å². The van der Waals surface area contributed by atoms with E-state index in [0.29, 0.717) is 43.4 Å². The van der Waals surface area contributed by atoms with E-state index in [4.69, 9.17) is 19.6 Å². The number of benzene rings is 1. The molecule has 3 aromatic rings. The maximum Gasteiger partial charge on any atom is 0.229 e. The number of anilines is 3. The summed E-state index contributed by atoms with van der Waals surface area (Å²) in [7, 11) is 0. The van der Waals surface area contributed by atoms with E-state index < -0.39 is 0 Å². The molecule has 2 fully saturated rings. The van der Waals surface area contributed by atoms with E-state index in [9.17, 15) is 5.26 Å². The minimum Gasteiger partial charge on any atom is -0.394 e. The fourth-order valence-electron chi connectivity index (χ4n) is 5.09. The van der Waals surface area contributed by atoms with Crippen LogP contribution >= 0.6 is 0 Å². The van der Waals surface area contributed by atoms with Crippen LogP contribution in [0, 0.1) is 11.3 Å². The van der Waals surface area contributed by atoms with Crippen LogP contribution in [0.5, 0.6) is 0 Å². The van der Waals surface area contributed by atoms with Gasteiger partial charge < -0.3 is 25.2 Å². The van der Waals surface area contributed by atoms with Crippen molar-refractivity contribution in [2.75, 3.05) is 56.8 Å². The van der Waals surface area contributed by atoms with Crippen LogP contribution < -0.4 is 10.6 Å². The van der Waals surface area contributed by atoms with Gasteiger partial charge in [0.2, 0.25) is 5.95 Å². The van der Waals surface area contributed by atoms with Crippen LogP contribution in [0.2, 0.25) is 0 Å². The minimum absolute atomic E-state index is 0.00670. The van der Waals surface area contributed by atoms with E-state index in [0.717, 1.165) is 74.4 Å². The number of aliphatic hydroxyl groups is 1. The first-order chi connectivity index (χ1) is 18.2. The van der Waals surface area contributed by atoms with Crippen molar-refractivity contribution in [2.24, 2.45) is 0 Å². The summed E-state index contributed by atoms with van der Waals surface area (Å²) in [5.74, 6) is 1.21. The third kappa shape index (κ3) is 6.53. The first-order valence-electron chi connectivity index (χ1n) is 13.0. The zero-order chi connectivity index (χ0) is 25.5. The fourth-order valence-corrected chi connectivity index (χ4v) is 5.09. The molecule has 0 amide bonds. The number of nitrogens with one attached hydrogen (secondary N) is 2. The molecular formula is C26H34N8O3. The van der Waals surface area contributed by atoms with Crippen molar-refractivity contribution >= 4 is 28.4 Å². The normalized spacial score (nSPS) is 20.5. The molecule has 196 valence electrons. The molecular weight excluding hydrogens is 472 g/mol. The van der Waals surface area contributed by atoms with Crippen LogP contribution in [0.15, 0.2) is 30.6 Å². The van der Waals surface area contributed by atoms with Gasteiger partial charge in [-0.1, -0.05) is 0 Å². The monoisotopic (exact) mass is 506 g/mol. The number of fused-ring (bicyclic) bond motifs is 1. The molecule has 1 saturated heterocycles. The average Bonchev–Trinajstić information content (AvgIpc) is 3.39. The van der Waals surface area contributed by atoms with E-state index in [2.05, 4.69) is 31.7 Å². The Bertz CT molecular complexity index is 1210. The van der Waals surface area contributed by atoms with Crippen molar-refractivity contribution in [3.8, 4) is 6.07 Å². The van der Waals surface area contributed by atoms with Gasteiger partial charge in [-0.2, -0.15) is 15.3 Å². The van der Waals surface area contributed by atoms with Gasteiger partial charge >= 0.3 is 0 Å². The Hall–Kier alpha value is -3.30. The van der Waals surface area contributed by atoms with E-state index in [1.807, 2.05) is 18.3 Å². The van der Waals surface area contributed by atoms with Crippen molar-refractivity contribution in [1.82, 2.24) is 24.6 Å². The first-order valence-corrected chi connectivity index (χ1v) is 13.0. The smallest absolute Gasteiger partial charge is 0.229 e. The van der Waals surface area contributed by atoms with Crippen molar-refractivity contribution in [2.45, 2.75) is 44.3 Å². The molecule has 2 aliphatic rings. The van der Waals surface area contributed by atoms with Gasteiger partial charge in [0.05, 0.1) is 68.6 Å². The summed E-state index contributed by atoms with van der Waals surface area (Å²) in [6.07, 6.45) is 8.03. The van der Waals surface area contributed by atoms with Gasteiger partial charge in [-0.15, -0.1) is 0 Å². The molecule has 0 radical (unpaired) electrons. The zero-order valence-electron chi connectivity index (χ0n) is 21.0. The van der Waals surface area contributed by atoms with Crippen LogP contribution in [-0.4, -0.2) is 88.0 Å². The molecule has 1 aromatic carbocycles. The molecule has 0 unspecified atom stereocenters. The van der Waals surface area contributed by atoms with E-state index >= 15 is 0 Å². The maximum atomic E-state index is 9.44. The Kier molecular flexibility index (Phi) is 8.42. The number of rotatable bonds is 10. The van der Waals surface area contributed by atoms with Gasteiger partial charge in [0.15, 0.2) is 0 Å². The number of ether oxygens (including phenoxy) is 2. The van der Waals surface area contributed by atoms with Crippen molar-refractivity contribution in [1.29, 1.82) is 5.26 Å². The average molecular weight is 507 g/mol. The SMILES string of the molecule is N#Cc1ccc2nc(Nc3cnn(CCOCCO)c3)nc(N[C@H]3CC[C@H](N4CCOCC4)CC3)c2c1. The predicted molar refractivity (Wildman–Crippen MR) is 140 cm³/mol. The highest BCUT2D eigenvalue weighted by Crippen LogP contribution is 2.30. The Labute approximate surface area is 216 Å². The summed E-state index contributed by atoms with van der Waals surface area (Å²) in [5.41, 5.74) is 2.12. The second kappa shape index (κ2) is 12.3. The van der Waals surface area contributed by atoms with E-state index in [-0.39, 0.29) is 6.61 Å². The topological polar surface area (TPSA) is 133 Å².